The lowest BCUT2D eigenvalue weighted by Crippen LogP contribution is -2.02. The number of aryl methyl sites for hydroxylation is 1. The molecule has 1 unspecified atom stereocenters. The molecule has 0 bridgehead atoms. The Bertz CT molecular complexity index is 708. The zero-order valence-corrected chi connectivity index (χ0v) is 13.3. The summed E-state index contributed by atoms with van der Waals surface area (Å²) < 4.78 is 5.72. The lowest BCUT2D eigenvalue weighted by Gasteiger charge is -2.11. The van der Waals surface area contributed by atoms with Crippen molar-refractivity contribution in [2.24, 2.45) is 0 Å². The summed E-state index contributed by atoms with van der Waals surface area (Å²) in [6, 6.07) is 19.8. The molecule has 0 heterocycles. The maximum atomic E-state index is 9.34. The Morgan fingerprint density at radius 2 is 1.87 bits per heavy atom. The number of benzene rings is 2. The highest BCUT2D eigenvalue weighted by Crippen LogP contribution is 2.22. The summed E-state index contributed by atoms with van der Waals surface area (Å²) in [6.45, 7) is 2.71. The molecule has 0 amide bonds. The van der Waals surface area contributed by atoms with E-state index in [0.717, 1.165) is 30.6 Å². The Kier molecular flexibility index (Phi) is 6.21. The Balaban J connectivity index is 1.84. The Morgan fingerprint density at radius 3 is 2.52 bits per heavy atom. The lowest BCUT2D eigenvalue weighted by atomic mass is 9.94. The van der Waals surface area contributed by atoms with Gasteiger partial charge in [0, 0.05) is 0 Å². The van der Waals surface area contributed by atoms with Crippen molar-refractivity contribution in [2.45, 2.75) is 32.1 Å². The molecule has 0 saturated heterocycles. The molecule has 0 aromatic heterocycles. The molecule has 2 aromatic carbocycles. The average molecular weight is 304 g/mol. The fourth-order valence-corrected chi connectivity index (χ4v) is 2.43. The van der Waals surface area contributed by atoms with E-state index in [-0.39, 0.29) is 5.92 Å². The van der Waals surface area contributed by atoms with Gasteiger partial charge in [-0.15, -0.1) is 0 Å². The van der Waals surface area contributed by atoms with Crippen LogP contribution in [0.25, 0.3) is 0 Å². The van der Waals surface area contributed by atoms with Gasteiger partial charge in [-0.1, -0.05) is 31.2 Å². The molecule has 23 heavy (non-hydrogen) atoms. The number of hydrogen-bond acceptors (Lipinski definition) is 3. The van der Waals surface area contributed by atoms with Crippen molar-refractivity contribution in [1.29, 1.82) is 10.5 Å². The quantitative estimate of drug-likeness (QED) is 0.703. The number of nitrogens with zero attached hydrogens (tertiary/aromatic N) is 2. The van der Waals surface area contributed by atoms with Crippen LogP contribution in [-0.4, -0.2) is 6.61 Å². The zero-order chi connectivity index (χ0) is 16.5. The van der Waals surface area contributed by atoms with E-state index in [1.165, 1.54) is 5.56 Å². The summed E-state index contributed by atoms with van der Waals surface area (Å²) in [4.78, 5) is 0. The Morgan fingerprint density at radius 1 is 1.09 bits per heavy atom. The van der Waals surface area contributed by atoms with E-state index in [9.17, 15) is 5.26 Å². The van der Waals surface area contributed by atoms with E-state index >= 15 is 0 Å². The standard InChI is InChI=1S/C20H20N2O/c1-2-16-8-10-20(11-9-16)23-12-4-7-19(15-22)18-6-3-5-17(13-18)14-21/h3,5-6,8-11,13,19H,2,4,7,12H2,1H3. The third-order valence-electron chi connectivity index (χ3n) is 3.81. The molecule has 3 nitrogen and oxygen atoms in total. The predicted octanol–water partition coefficient (Wildman–Crippen LogP) is 4.59. The second-order valence-electron chi connectivity index (χ2n) is 5.41. The van der Waals surface area contributed by atoms with Gasteiger partial charge in [0.05, 0.1) is 30.2 Å². The first-order valence-electron chi connectivity index (χ1n) is 7.88. The van der Waals surface area contributed by atoms with Crippen LogP contribution in [0.5, 0.6) is 5.75 Å². The van der Waals surface area contributed by atoms with Crippen molar-refractivity contribution in [3.63, 3.8) is 0 Å². The van der Waals surface area contributed by atoms with E-state index in [1.807, 2.05) is 24.3 Å². The van der Waals surface area contributed by atoms with Gasteiger partial charge in [0.2, 0.25) is 0 Å². The third kappa shape index (κ3) is 4.87. The van der Waals surface area contributed by atoms with Crippen molar-refractivity contribution in [2.75, 3.05) is 6.61 Å². The molecule has 0 aliphatic heterocycles. The van der Waals surface area contributed by atoms with Crippen molar-refractivity contribution in [1.82, 2.24) is 0 Å². The van der Waals surface area contributed by atoms with Gasteiger partial charge < -0.3 is 4.74 Å². The molecular weight excluding hydrogens is 284 g/mol. The number of rotatable bonds is 7. The summed E-state index contributed by atoms with van der Waals surface area (Å²) in [5.74, 6) is 0.663. The molecule has 3 heteroatoms. The molecule has 0 spiro atoms. The van der Waals surface area contributed by atoms with Gasteiger partial charge >= 0.3 is 0 Å². The molecule has 2 aromatic rings. The van der Waals surface area contributed by atoms with Crippen LogP contribution in [0, 0.1) is 22.7 Å². The van der Waals surface area contributed by atoms with Crippen LogP contribution in [0.2, 0.25) is 0 Å². The maximum Gasteiger partial charge on any atom is 0.119 e. The monoisotopic (exact) mass is 304 g/mol. The normalized spacial score (nSPS) is 11.3. The fraction of sp³-hybridized carbons (Fsp3) is 0.300. The molecule has 0 radical (unpaired) electrons. The van der Waals surface area contributed by atoms with Crippen LogP contribution in [0.4, 0.5) is 0 Å². The average Bonchev–Trinajstić information content (AvgIpc) is 2.62. The van der Waals surface area contributed by atoms with E-state index in [1.54, 1.807) is 12.1 Å². The summed E-state index contributed by atoms with van der Waals surface area (Å²) in [7, 11) is 0. The zero-order valence-electron chi connectivity index (χ0n) is 13.3. The minimum absolute atomic E-state index is 0.200. The lowest BCUT2D eigenvalue weighted by molar-refractivity contribution is 0.305. The first-order chi connectivity index (χ1) is 11.3. The highest BCUT2D eigenvalue weighted by atomic mass is 16.5. The van der Waals surface area contributed by atoms with E-state index in [0.29, 0.717) is 12.2 Å². The van der Waals surface area contributed by atoms with Crippen LogP contribution in [0.1, 0.15) is 42.4 Å². The summed E-state index contributed by atoms with van der Waals surface area (Å²) in [6.07, 6.45) is 2.54. The number of ether oxygens (including phenoxy) is 1. The molecule has 2 rings (SSSR count). The predicted molar refractivity (Wildman–Crippen MR) is 90.1 cm³/mol. The van der Waals surface area contributed by atoms with Gasteiger partial charge in [0.1, 0.15) is 5.75 Å². The Labute approximate surface area is 137 Å². The minimum atomic E-state index is -0.200. The van der Waals surface area contributed by atoms with Crippen LogP contribution < -0.4 is 4.74 Å². The molecular formula is C20H20N2O. The number of nitriles is 2. The summed E-state index contributed by atoms with van der Waals surface area (Å²) in [5.41, 5.74) is 2.79. The molecule has 0 fully saturated rings. The van der Waals surface area contributed by atoms with Gasteiger partial charge in [0.25, 0.3) is 0 Å². The van der Waals surface area contributed by atoms with Crippen LogP contribution >= 0.6 is 0 Å². The largest absolute Gasteiger partial charge is 0.494 e. The SMILES string of the molecule is CCc1ccc(OCCCC(C#N)c2cccc(C#N)c2)cc1. The van der Waals surface area contributed by atoms with E-state index in [2.05, 4.69) is 31.2 Å². The number of hydrogen-bond donors (Lipinski definition) is 0. The van der Waals surface area contributed by atoms with Gasteiger partial charge in [-0.05, 0) is 54.7 Å². The smallest absolute Gasteiger partial charge is 0.119 e. The molecule has 0 N–H and O–H groups in total. The minimum Gasteiger partial charge on any atom is -0.494 e. The van der Waals surface area contributed by atoms with Crippen molar-refractivity contribution in [3.8, 4) is 17.9 Å². The van der Waals surface area contributed by atoms with Gasteiger partial charge in [-0.3, -0.25) is 0 Å². The molecule has 0 aliphatic rings. The topological polar surface area (TPSA) is 56.8 Å². The fourth-order valence-electron chi connectivity index (χ4n) is 2.43. The van der Waals surface area contributed by atoms with E-state index < -0.39 is 0 Å². The summed E-state index contributed by atoms with van der Waals surface area (Å²) >= 11 is 0. The summed E-state index contributed by atoms with van der Waals surface area (Å²) in [5, 5.41) is 18.3. The van der Waals surface area contributed by atoms with Crippen molar-refractivity contribution < 1.29 is 4.74 Å². The second-order valence-corrected chi connectivity index (χ2v) is 5.41. The van der Waals surface area contributed by atoms with Crippen molar-refractivity contribution >= 4 is 0 Å². The highest BCUT2D eigenvalue weighted by Gasteiger charge is 2.11. The first kappa shape index (κ1) is 16.6. The van der Waals surface area contributed by atoms with Gasteiger partial charge in [-0.25, -0.2) is 0 Å². The van der Waals surface area contributed by atoms with Gasteiger partial charge in [0.15, 0.2) is 0 Å². The molecule has 1 atom stereocenters. The molecule has 116 valence electrons. The molecule has 0 saturated carbocycles. The first-order valence-corrected chi connectivity index (χ1v) is 7.88. The Hall–Kier alpha value is -2.78. The van der Waals surface area contributed by atoms with Gasteiger partial charge in [-0.2, -0.15) is 10.5 Å². The van der Waals surface area contributed by atoms with Crippen LogP contribution in [0.3, 0.4) is 0 Å². The molecule has 0 aliphatic carbocycles. The van der Waals surface area contributed by atoms with Crippen LogP contribution in [0.15, 0.2) is 48.5 Å². The second kappa shape index (κ2) is 8.61. The van der Waals surface area contributed by atoms with E-state index in [4.69, 9.17) is 10.00 Å². The maximum absolute atomic E-state index is 9.34. The van der Waals surface area contributed by atoms with Crippen molar-refractivity contribution in [3.05, 3.63) is 65.2 Å². The van der Waals surface area contributed by atoms with Crippen LogP contribution in [-0.2, 0) is 6.42 Å². The third-order valence-corrected chi connectivity index (χ3v) is 3.81. The highest BCUT2D eigenvalue weighted by molar-refractivity contribution is 5.36.